The highest BCUT2D eigenvalue weighted by Crippen LogP contribution is 2.26. The molecular formula is C15H22N2O2S. The largest absolute Gasteiger partial charge is 0.467 e. The Balaban J connectivity index is 2.19. The summed E-state index contributed by atoms with van der Waals surface area (Å²) in [5, 5.41) is 0.638. The fourth-order valence-electron chi connectivity index (χ4n) is 2.56. The molecule has 0 bridgehead atoms. The van der Waals surface area contributed by atoms with Crippen molar-refractivity contribution < 1.29 is 9.21 Å². The Morgan fingerprint density at radius 3 is 2.75 bits per heavy atom. The minimum absolute atomic E-state index is 0.130. The van der Waals surface area contributed by atoms with E-state index < -0.39 is 0 Å². The Hall–Kier alpha value is -1.36. The summed E-state index contributed by atoms with van der Waals surface area (Å²) in [6, 6.07) is 3.60. The Kier molecular flexibility index (Phi) is 4.81. The molecule has 1 aliphatic heterocycles. The predicted molar refractivity (Wildman–Crippen MR) is 82.1 cm³/mol. The lowest BCUT2D eigenvalue weighted by Gasteiger charge is -2.25. The van der Waals surface area contributed by atoms with Crippen molar-refractivity contribution >= 4 is 23.2 Å². The van der Waals surface area contributed by atoms with Gasteiger partial charge in [-0.05, 0) is 36.7 Å². The van der Waals surface area contributed by atoms with E-state index in [1.165, 1.54) is 0 Å². The van der Waals surface area contributed by atoms with Gasteiger partial charge in [-0.15, -0.1) is 0 Å². The van der Waals surface area contributed by atoms with Gasteiger partial charge in [0.2, 0.25) is 0 Å². The van der Waals surface area contributed by atoms with Crippen molar-refractivity contribution in [2.45, 2.75) is 46.2 Å². The molecule has 1 amide bonds. The number of amides is 1. The van der Waals surface area contributed by atoms with Crippen LogP contribution in [0, 0.1) is 5.92 Å². The van der Waals surface area contributed by atoms with Crippen molar-refractivity contribution in [3.05, 3.63) is 24.2 Å². The fourth-order valence-corrected chi connectivity index (χ4v) is 2.92. The average molecular weight is 294 g/mol. The van der Waals surface area contributed by atoms with Crippen LogP contribution in [0.1, 0.15) is 39.4 Å². The van der Waals surface area contributed by atoms with Crippen LogP contribution in [0.2, 0.25) is 0 Å². The van der Waals surface area contributed by atoms with E-state index in [9.17, 15) is 4.79 Å². The van der Waals surface area contributed by atoms with E-state index in [1.807, 2.05) is 17.0 Å². The molecule has 0 aliphatic carbocycles. The van der Waals surface area contributed by atoms with E-state index >= 15 is 0 Å². The molecule has 0 aromatic carbocycles. The van der Waals surface area contributed by atoms with Gasteiger partial charge in [-0.25, -0.2) is 0 Å². The monoisotopic (exact) mass is 294 g/mol. The van der Waals surface area contributed by atoms with Crippen LogP contribution in [-0.2, 0) is 11.3 Å². The maximum absolute atomic E-state index is 12.6. The smallest absolute Gasteiger partial charge is 0.251 e. The zero-order chi connectivity index (χ0) is 14.7. The van der Waals surface area contributed by atoms with Crippen LogP contribution in [0.15, 0.2) is 22.8 Å². The van der Waals surface area contributed by atoms with E-state index in [0.717, 1.165) is 18.6 Å². The third kappa shape index (κ3) is 2.87. The first kappa shape index (κ1) is 15.0. The van der Waals surface area contributed by atoms with Gasteiger partial charge < -0.3 is 9.32 Å². The second kappa shape index (κ2) is 6.39. The summed E-state index contributed by atoms with van der Waals surface area (Å²) in [5.41, 5.74) is 0. The second-order valence-electron chi connectivity index (χ2n) is 5.52. The summed E-state index contributed by atoms with van der Waals surface area (Å²) in [7, 11) is 0. The quantitative estimate of drug-likeness (QED) is 0.756. The topological polar surface area (TPSA) is 36.7 Å². The van der Waals surface area contributed by atoms with Crippen LogP contribution < -0.4 is 0 Å². The third-order valence-corrected chi connectivity index (χ3v) is 4.06. The normalized spacial score (nSPS) is 19.5. The maximum Gasteiger partial charge on any atom is 0.251 e. The van der Waals surface area contributed by atoms with Gasteiger partial charge in [0.25, 0.3) is 5.91 Å². The molecule has 0 unspecified atom stereocenters. The first-order valence-corrected chi connectivity index (χ1v) is 7.61. The lowest BCUT2D eigenvalue weighted by Crippen LogP contribution is -2.38. The number of thiocarbonyl (C=S) groups is 1. The molecule has 0 saturated carbocycles. The van der Waals surface area contributed by atoms with Crippen molar-refractivity contribution in [2.75, 3.05) is 6.54 Å². The molecule has 1 atom stereocenters. The van der Waals surface area contributed by atoms with E-state index in [0.29, 0.717) is 18.2 Å². The average Bonchev–Trinajstić information content (AvgIpc) is 2.97. The molecule has 0 radical (unpaired) electrons. The third-order valence-electron chi connectivity index (χ3n) is 3.60. The summed E-state index contributed by atoms with van der Waals surface area (Å²) in [5.74, 6) is 1.19. The van der Waals surface area contributed by atoms with Gasteiger partial charge in [0.05, 0.1) is 12.8 Å². The maximum atomic E-state index is 12.6. The zero-order valence-electron chi connectivity index (χ0n) is 12.3. The Labute approximate surface area is 125 Å². The highest BCUT2D eigenvalue weighted by Gasteiger charge is 2.43. The lowest BCUT2D eigenvalue weighted by atomic mass is 10.0. The molecule has 2 rings (SSSR count). The molecule has 110 valence electrons. The molecule has 1 aliphatic rings. The number of nitrogens with zero attached hydrogens (tertiary/aromatic N) is 2. The van der Waals surface area contributed by atoms with Crippen molar-refractivity contribution in [3.8, 4) is 0 Å². The van der Waals surface area contributed by atoms with E-state index in [2.05, 4.69) is 20.8 Å². The number of carbonyl (C=O) groups is 1. The van der Waals surface area contributed by atoms with E-state index in [1.54, 1.807) is 11.2 Å². The summed E-state index contributed by atoms with van der Waals surface area (Å²) in [6.07, 6.45) is 3.68. The molecule has 20 heavy (non-hydrogen) atoms. The standard InChI is InChI=1S/C15H22N2O2S/c1-4-5-8-16-14(18)13(11(2)3)17(15(16)20)10-12-7-6-9-19-12/h6-7,9,11,13H,4-5,8,10H2,1-3H3/t13-/m0/s1. The molecule has 5 heteroatoms. The Morgan fingerprint density at radius 2 is 2.20 bits per heavy atom. The molecule has 2 heterocycles. The second-order valence-corrected chi connectivity index (χ2v) is 5.89. The first-order valence-electron chi connectivity index (χ1n) is 7.20. The fraction of sp³-hybridized carbons (Fsp3) is 0.600. The van der Waals surface area contributed by atoms with Gasteiger partial charge >= 0.3 is 0 Å². The van der Waals surface area contributed by atoms with Crippen LogP contribution in [0.4, 0.5) is 0 Å². The molecule has 1 fully saturated rings. The number of hydrogen-bond donors (Lipinski definition) is 0. The molecule has 1 saturated heterocycles. The molecule has 1 aromatic rings. The summed E-state index contributed by atoms with van der Waals surface area (Å²) in [6.45, 7) is 7.51. The molecule has 0 N–H and O–H groups in total. The molecule has 4 nitrogen and oxygen atoms in total. The number of furan rings is 1. The zero-order valence-corrected chi connectivity index (χ0v) is 13.2. The van der Waals surface area contributed by atoms with Crippen LogP contribution in [-0.4, -0.2) is 33.4 Å². The highest BCUT2D eigenvalue weighted by atomic mass is 32.1. The van der Waals surface area contributed by atoms with Gasteiger partial charge in [0, 0.05) is 6.54 Å². The number of carbonyl (C=O) groups excluding carboxylic acids is 1. The van der Waals surface area contributed by atoms with Crippen LogP contribution in [0.25, 0.3) is 0 Å². The van der Waals surface area contributed by atoms with Gasteiger partial charge in [0.1, 0.15) is 11.8 Å². The van der Waals surface area contributed by atoms with Crippen LogP contribution in [0.3, 0.4) is 0 Å². The predicted octanol–water partition coefficient (Wildman–Crippen LogP) is 3.03. The summed E-state index contributed by atoms with van der Waals surface area (Å²) >= 11 is 5.51. The van der Waals surface area contributed by atoms with E-state index in [-0.39, 0.29) is 17.9 Å². The van der Waals surface area contributed by atoms with Crippen molar-refractivity contribution in [1.29, 1.82) is 0 Å². The molecular weight excluding hydrogens is 272 g/mol. The van der Waals surface area contributed by atoms with Gasteiger partial charge in [-0.1, -0.05) is 27.2 Å². The van der Waals surface area contributed by atoms with Gasteiger partial charge in [-0.2, -0.15) is 0 Å². The van der Waals surface area contributed by atoms with Crippen LogP contribution >= 0.6 is 12.2 Å². The SMILES string of the molecule is CCCCN1C(=O)[C@H](C(C)C)N(Cc2ccco2)C1=S. The first-order chi connectivity index (χ1) is 9.56. The highest BCUT2D eigenvalue weighted by molar-refractivity contribution is 7.80. The molecule has 1 aromatic heterocycles. The van der Waals surface area contributed by atoms with E-state index in [4.69, 9.17) is 16.6 Å². The van der Waals surface area contributed by atoms with Gasteiger partial charge in [-0.3, -0.25) is 9.69 Å². The molecule has 0 spiro atoms. The van der Waals surface area contributed by atoms with Crippen LogP contribution in [0.5, 0.6) is 0 Å². The number of hydrogen-bond acceptors (Lipinski definition) is 3. The Morgan fingerprint density at radius 1 is 1.45 bits per heavy atom. The van der Waals surface area contributed by atoms with Gasteiger partial charge in [0.15, 0.2) is 5.11 Å². The van der Waals surface area contributed by atoms with Crippen molar-refractivity contribution in [1.82, 2.24) is 9.80 Å². The lowest BCUT2D eigenvalue weighted by molar-refractivity contribution is -0.129. The number of unbranched alkanes of at least 4 members (excludes halogenated alkanes) is 1. The minimum atomic E-state index is -0.176. The Bertz CT molecular complexity index is 470. The minimum Gasteiger partial charge on any atom is -0.467 e. The summed E-state index contributed by atoms with van der Waals surface area (Å²) in [4.78, 5) is 16.3. The van der Waals surface area contributed by atoms with Crippen molar-refractivity contribution in [2.24, 2.45) is 5.92 Å². The summed E-state index contributed by atoms with van der Waals surface area (Å²) < 4.78 is 5.39. The van der Waals surface area contributed by atoms with Crippen molar-refractivity contribution in [3.63, 3.8) is 0 Å². The number of rotatable bonds is 6.